The van der Waals surface area contributed by atoms with Gasteiger partial charge in [0.25, 0.3) is 0 Å². The minimum atomic E-state index is 0.00352. The van der Waals surface area contributed by atoms with Crippen molar-refractivity contribution in [2.45, 2.75) is 26.3 Å². The second-order valence-corrected chi connectivity index (χ2v) is 5.74. The van der Waals surface area contributed by atoms with Gasteiger partial charge in [-0.15, -0.1) is 0 Å². The number of hydrogen-bond donors (Lipinski definition) is 2. The Hall–Kier alpha value is -2.23. The van der Waals surface area contributed by atoms with E-state index in [1.165, 1.54) is 11.0 Å². The summed E-state index contributed by atoms with van der Waals surface area (Å²) in [6.45, 7) is 5.65. The van der Waals surface area contributed by atoms with Crippen LogP contribution in [0.5, 0.6) is 0 Å². The molecule has 1 aliphatic rings. The van der Waals surface area contributed by atoms with Crippen LogP contribution < -0.4 is 5.32 Å². The first kappa shape index (κ1) is 13.7. The summed E-state index contributed by atoms with van der Waals surface area (Å²) >= 11 is 0. The molecule has 1 aliphatic heterocycles. The number of amides is 2. The van der Waals surface area contributed by atoms with Gasteiger partial charge in [-0.3, -0.25) is 0 Å². The molecule has 0 saturated heterocycles. The van der Waals surface area contributed by atoms with Gasteiger partial charge in [-0.05, 0) is 49.4 Å². The maximum atomic E-state index is 12.3. The molecule has 0 radical (unpaired) electrons. The molecule has 1 aromatic heterocycles. The fraction of sp³-hybridized carbons (Fsp3) is 0.353. The van der Waals surface area contributed by atoms with Crippen LogP contribution >= 0.6 is 0 Å². The predicted octanol–water partition coefficient (Wildman–Crippen LogP) is 3.59. The lowest BCUT2D eigenvalue weighted by Crippen LogP contribution is -2.43. The number of urea groups is 1. The van der Waals surface area contributed by atoms with Gasteiger partial charge in [0.05, 0.1) is 6.04 Å². The van der Waals surface area contributed by atoms with E-state index in [0.29, 0.717) is 6.54 Å². The van der Waals surface area contributed by atoms with Crippen LogP contribution in [0, 0.1) is 0 Å². The Morgan fingerprint density at radius 2 is 2.24 bits per heavy atom. The van der Waals surface area contributed by atoms with E-state index < -0.39 is 0 Å². The quantitative estimate of drug-likeness (QED) is 0.813. The molecule has 0 unspecified atom stereocenters. The molecule has 21 heavy (non-hydrogen) atoms. The average Bonchev–Trinajstić information content (AvgIpc) is 2.95. The third kappa shape index (κ3) is 2.94. The molecule has 0 spiro atoms. The Morgan fingerprint density at radius 1 is 1.38 bits per heavy atom. The number of carbonyl (C=O) groups is 1. The Kier molecular flexibility index (Phi) is 3.69. The van der Waals surface area contributed by atoms with E-state index in [4.69, 9.17) is 0 Å². The fourth-order valence-electron chi connectivity index (χ4n) is 2.66. The van der Waals surface area contributed by atoms with Crippen LogP contribution in [-0.4, -0.2) is 29.0 Å². The van der Waals surface area contributed by atoms with Crippen LogP contribution in [0.2, 0.25) is 0 Å². The molecule has 1 aromatic carbocycles. The number of fused-ring (bicyclic) bond motifs is 1. The Bertz CT molecular complexity index is 686. The topological polar surface area (TPSA) is 48.1 Å². The zero-order valence-corrected chi connectivity index (χ0v) is 12.5. The van der Waals surface area contributed by atoms with Crippen molar-refractivity contribution >= 4 is 16.9 Å². The Morgan fingerprint density at radius 3 is 3.00 bits per heavy atom. The summed E-state index contributed by atoms with van der Waals surface area (Å²) in [6.07, 6.45) is 5.02. The van der Waals surface area contributed by atoms with Crippen molar-refractivity contribution < 1.29 is 4.79 Å². The van der Waals surface area contributed by atoms with Crippen LogP contribution in [0.25, 0.3) is 10.9 Å². The summed E-state index contributed by atoms with van der Waals surface area (Å²) in [6, 6.07) is 8.30. The van der Waals surface area contributed by atoms with Crippen LogP contribution in [0.4, 0.5) is 4.79 Å². The number of aromatic nitrogens is 1. The van der Waals surface area contributed by atoms with Crippen molar-refractivity contribution in [1.29, 1.82) is 0 Å². The summed E-state index contributed by atoms with van der Waals surface area (Å²) < 4.78 is 0. The highest BCUT2D eigenvalue weighted by Gasteiger charge is 2.18. The largest absolute Gasteiger partial charge is 0.361 e. The van der Waals surface area contributed by atoms with E-state index in [1.807, 2.05) is 24.1 Å². The smallest absolute Gasteiger partial charge is 0.318 e. The van der Waals surface area contributed by atoms with Crippen LogP contribution in [0.1, 0.15) is 31.9 Å². The highest BCUT2D eigenvalue weighted by molar-refractivity contribution is 5.80. The summed E-state index contributed by atoms with van der Waals surface area (Å²) in [4.78, 5) is 17.3. The lowest BCUT2D eigenvalue weighted by Gasteiger charge is -2.27. The molecular weight excluding hydrogens is 262 g/mol. The number of rotatable bonds is 2. The van der Waals surface area contributed by atoms with Gasteiger partial charge in [0.15, 0.2) is 0 Å². The molecule has 0 bridgehead atoms. The molecule has 2 N–H and O–H groups in total. The van der Waals surface area contributed by atoms with Gasteiger partial charge >= 0.3 is 6.03 Å². The standard InChI is InChI=1S/C17H21N3O/c1-12-6-9-20(10-7-12)17(21)19-13(2)14-3-4-16-15(11-14)5-8-18-16/h3-6,8,11,13,18H,7,9-10H2,1-2H3,(H,19,21)/t13-/m1/s1. The molecule has 0 saturated carbocycles. The zero-order chi connectivity index (χ0) is 14.8. The highest BCUT2D eigenvalue weighted by Crippen LogP contribution is 2.20. The van der Waals surface area contributed by atoms with E-state index in [-0.39, 0.29) is 12.1 Å². The molecule has 1 atom stereocenters. The van der Waals surface area contributed by atoms with Gasteiger partial charge in [-0.1, -0.05) is 17.7 Å². The minimum Gasteiger partial charge on any atom is -0.361 e. The third-order valence-corrected chi connectivity index (χ3v) is 4.14. The number of H-pyrrole nitrogens is 1. The number of carbonyl (C=O) groups excluding carboxylic acids is 1. The van der Waals surface area contributed by atoms with Crippen LogP contribution in [0.3, 0.4) is 0 Å². The van der Waals surface area contributed by atoms with Gasteiger partial charge in [0, 0.05) is 24.8 Å². The maximum Gasteiger partial charge on any atom is 0.318 e. The van der Waals surface area contributed by atoms with Crippen molar-refractivity contribution in [1.82, 2.24) is 15.2 Å². The van der Waals surface area contributed by atoms with E-state index >= 15 is 0 Å². The minimum absolute atomic E-state index is 0.00352. The first-order valence-corrected chi connectivity index (χ1v) is 7.41. The van der Waals surface area contributed by atoms with E-state index in [0.717, 1.165) is 24.0 Å². The van der Waals surface area contributed by atoms with Crippen molar-refractivity contribution in [3.8, 4) is 0 Å². The van der Waals surface area contributed by atoms with E-state index in [9.17, 15) is 4.79 Å². The van der Waals surface area contributed by atoms with Gasteiger partial charge in [0.1, 0.15) is 0 Å². The summed E-state index contributed by atoms with van der Waals surface area (Å²) in [5.41, 5.74) is 3.61. The summed E-state index contributed by atoms with van der Waals surface area (Å²) in [5.74, 6) is 0. The first-order chi connectivity index (χ1) is 10.1. The summed E-state index contributed by atoms with van der Waals surface area (Å²) in [7, 11) is 0. The summed E-state index contributed by atoms with van der Waals surface area (Å²) in [5, 5.41) is 4.26. The predicted molar refractivity (Wildman–Crippen MR) is 85.2 cm³/mol. The number of nitrogens with zero attached hydrogens (tertiary/aromatic N) is 1. The zero-order valence-electron chi connectivity index (χ0n) is 12.5. The van der Waals surface area contributed by atoms with Gasteiger partial charge in [0.2, 0.25) is 0 Å². The molecule has 2 aromatic rings. The molecule has 3 rings (SSSR count). The number of hydrogen-bond acceptors (Lipinski definition) is 1. The number of nitrogens with one attached hydrogen (secondary N) is 2. The SMILES string of the molecule is CC1=CCN(C(=O)N[C@H](C)c2ccc3[nH]ccc3c2)CC1. The third-order valence-electron chi connectivity index (χ3n) is 4.14. The molecule has 2 heterocycles. The average molecular weight is 283 g/mol. The van der Waals surface area contributed by atoms with E-state index in [1.54, 1.807) is 0 Å². The van der Waals surface area contributed by atoms with Crippen molar-refractivity contribution in [3.05, 3.63) is 47.7 Å². The van der Waals surface area contributed by atoms with Gasteiger partial charge in [-0.2, -0.15) is 0 Å². The number of aromatic amines is 1. The molecule has 4 nitrogen and oxygen atoms in total. The molecule has 4 heteroatoms. The molecule has 0 aliphatic carbocycles. The molecular formula is C17H21N3O. The Balaban J connectivity index is 1.67. The van der Waals surface area contributed by atoms with Gasteiger partial charge < -0.3 is 15.2 Å². The maximum absolute atomic E-state index is 12.3. The second-order valence-electron chi connectivity index (χ2n) is 5.74. The lowest BCUT2D eigenvalue weighted by atomic mass is 10.1. The molecule has 2 amide bonds. The lowest BCUT2D eigenvalue weighted by molar-refractivity contribution is 0.198. The second kappa shape index (κ2) is 5.64. The van der Waals surface area contributed by atoms with E-state index in [2.05, 4.69) is 41.5 Å². The number of benzene rings is 1. The van der Waals surface area contributed by atoms with Crippen molar-refractivity contribution in [3.63, 3.8) is 0 Å². The Labute approximate surface area is 124 Å². The van der Waals surface area contributed by atoms with Crippen molar-refractivity contribution in [2.24, 2.45) is 0 Å². The fourth-order valence-corrected chi connectivity index (χ4v) is 2.66. The van der Waals surface area contributed by atoms with Crippen LogP contribution in [-0.2, 0) is 0 Å². The first-order valence-electron chi connectivity index (χ1n) is 7.41. The van der Waals surface area contributed by atoms with Gasteiger partial charge in [-0.25, -0.2) is 4.79 Å². The normalized spacial score (nSPS) is 16.7. The van der Waals surface area contributed by atoms with Crippen molar-refractivity contribution in [2.75, 3.05) is 13.1 Å². The molecule has 0 fully saturated rings. The van der Waals surface area contributed by atoms with Crippen LogP contribution in [0.15, 0.2) is 42.1 Å². The highest BCUT2D eigenvalue weighted by atomic mass is 16.2. The molecule has 110 valence electrons. The monoisotopic (exact) mass is 283 g/mol.